The van der Waals surface area contributed by atoms with Crippen LogP contribution in [0, 0.1) is 0 Å². The summed E-state index contributed by atoms with van der Waals surface area (Å²) in [6.45, 7) is 0.658. The van der Waals surface area contributed by atoms with Crippen LogP contribution in [0.1, 0.15) is 37.3 Å². The number of nitrogens with zero attached hydrogens (tertiary/aromatic N) is 1. The summed E-state index contributed by atoms with van der Waals surface area (Å²) in [6, 6.07) is 7.99. The van der Waals surface area contributed by atoms with Crippen LogP contribution < -0.4 is 11.5 Å². The van der Waals surface area contributed by atoms with E-state index in [1.807, 2.05) is 24.3 Å². The summed E-state index contributed by atoms with van der Waals surface area (Å²) < 4.78 is 0. The van der Waals surface area contributed by atoms with Gasteiger partial charge in [0.15, 0.2) is 0 Å². The number of amides is 1. The van der Waals surface area contributed by atoms with Crippen molar-refractivity contribution in [2.24, 2.45) is 11.5 Å². The maximum Gasteiger partial charge on any atom is 0.231 e. The van der Waals surface area contributed by atoms with Gasteiger partial charge in [-0.15, -0.1) is 0 Å². The maximum atomic E-state index is 11.4. The molecule has 0 bridgehead atoms. The standard InChI is InChI=1S/C15H22ClN3O/c16-13-8-4-3-7-12(13)14(9-17)19(10-15(18)20)11-5-1-2-6-11/h3-4,7-8,11,14H,1-2,5-6,9-10,17H2,(H2,18,20). The van der Waals surface area contributed by atoms with Gasteiger partial charge in [-0.05, 0) is 24.5 Å². The van der Waals surface area contributed by atoms with Gasteiger partial charge in [-0.3, -0.25) is 9.69 Å². The van der Waals surface area contributed by atoms with E-state index in [9.17, 15) is 4.79 Å². The number of hydrogen-bond donors (Lipinski definition) is 2. The Labute approximate surface area is 125 Å². The quantitative estimate of drug-likeness (QED) is 0.844. The maximum absolute atomic E-state index is 11.4. The highest BCUT2D eigenvalue weighted by atomic mass is 35.5. The SMILES string of the molecule is NCC(c1ccccc1Cl)N(CC(N)=O)C1CCCC1. The van der Waals surface area contributed by atoms with E-state index >= 15 is 0 Å². The van der Waals surface area contributed by atoms with E-state index in [1.165, 1.54) is 12.8 Å². The molecule has 0 aromatic heterocycles. The summed E-state index contributed by atoms with van der Waals surface area (Å²) in [6.07, 6.45) is 4.57. The van der Waals surface area contributed by atoms with Gasteiger partial charge in [-0.25, -0.2) is 0 Å². The van der Waals surface area contributed by atoms with Crippen LogP contribution >= 0.6 is 11.6 Å². The van der Waals surface area contributed by atoms with Gasteiger partial charge in [-0.1, -0.05) is 42.6 Å². The first kappa shape index (κ1) is 15.3. The first-order valence-corrected chi connectivity index (χ1v) is 7.49. The highest BCUT2D eigenvalue weighted by Gasteiger charge is 2.30. The third-order valence-electron chi connectivity index (χ3n) is 4.02. The molecule has 1 amide bonds. The molecule has 5 heteroatoms. The van der Waals surface area contributed by atoms with Crippen LogP contribution in [0.2, 0.25) is 5.02 Å². The van der Waals surface area contributed by atoms with E-state index in [4.69, 9.17) is 23.1 Å². The number of primary amides is 1. The topological polar surface area (TPSA) is 72.3 Å². The number of carbonyl (C=O) groups excluding carboxylic acids is 1. The third-order valence-corrected chi connectivity index (χ3v) is 4.36. The normalized spacial score (nSPS) is 17.6. The molecular formula is C15H22ClN3O. The molecule has 2 rings (SSSR count). The van der Waals surface area contributed by atoms with Gasteiger partial charge in [-0.2, -0.15) is 0 Å². The molecule has 1 saturated carbocycles. The van der Waals surface area contributed by atoms with E-state index in [2.05, 4.69) is 4.90 Å². The second-order valence-electron chi connectivity index (χ2n) is 5.35. The summed E-state index contributed by atoms with van der Waals surface area (Å²) in [4.78, 5) is 13.5. The number of halogens is 1. The second kappa shape index (κ2) is 7.07. The van der Waals surface area contributed by atoms with Crippen LogP contribution in [0.3, 0.4) is 0 Å². The Morgan fingerprint density at radius 1 is 1.35 bits per heavy atom. The highest BCUT2D eigenvalue weighted by Crippen LogP contribution is 2.33. The van der Waals surface area contributed by atoms with Crippen molar-refractivity contribution in [1.29, 1.82) is 0 Å². The first-order valence-electron chi connectivity index (χ1n) is 7.12. The monoisotopic (exact) mass is 295 g/mol. The molecule has 0 spiro atoms. The fourth-order valence-electron chi connectivity index (χ4n) is 3.10. The minimum atomic E-state index is -0.317. The molecule has 4 nitrogen and oxygen atoms in total. The van der Waals surface area contributed by atoms with Crippen molar-refractivity contribution < 1.29 is 4.79 Å². The highest BCUT2D eigenvalue weighted by molar-refractivity contribution is 6.31. The van der Waals surface area contributed by atoms with Gasteiger partial charge in [0, 0.05) is 23.7 Å². The van der Waals surface area contributed by atoms with Gasteiger partial charge in [0.05, 0.1) is 6.54 Å². The van der Waals surface area contributed by atoms with E-state index in [1.54, 1.807) is 0 Å². The summed E-state index contributed by atoms with van der Waals surface area (Å²) in [5.74, 6) is -0.317. The van der Waals surface area contributed by atoms with E-state index in [0.29, 0.717) is 17.6 Å². The van der Waals surface area contributed by atoms with E-state index in [0.717, 1.165) is 18.4 Å². The lowest BCUT2D eigenvalue weighted by atomic mass is 10.0. The van der Waals surface area contributed by atoms with Crippen molar-refractivity contribution in [1.82, 2.24) is 4.90 Å². The molecule has 1 aliphatic carbocycles. The van der Waals surface area contributed by atoms with Crippen LogP contribution in [0.15, 0.2) is 24.3 Å². The smallest absolute Gasteiger partial charge is 0.231 e. The molecule has 0 saturated heterocycles. The molecule has 20 heavy (non-hydrogen) atoms. The van der Waals surface area contributed by atoms with Crippen LogP contribution in [-0.2, 0) is 4.79 Å². The number of hydrogen-bond acceptors (Lipinski definition) is 3. The zero-order valence-corrected chi connectivity index (χ0v) is 12.4. The Bertz CT molecular complexity index is 460. The van der Waals surface area contributed by atoms with Crippen molar-refractivity contribution in [2.75, 3.05) is 13.1 Å². The molecule has 0 heterocycles. The molecule has 1 atom stereocenters. The lowest BCUT2D eigenvalue weighted by molar-refractivity contribution is -0.120. The van der Waals surface area contributed by atoms with E-state index < -0.39 is 0 Å². The Morgan fingerprint density at radius 3 is 2.55 bits per heavy atom. The van der Waals surface area contributed by atoms with Crippen molar-refractivity contribution >= 4 is 17.5 Å². The Hall–Kier alpha value is -1.10. The molecule has 110 valence electrons. The Kier molecular flexibility index (Phi) is 5.40. The number of nitrogens with two attached hydrogens (primary N) is 2. The summed E-state index contributed by atoms with van der Waals surface area (Å²) in [7, 11) is 0. The molecule has 0 aliphatic heterocycles. The van der Waals surface area contributed by atoms with E-state index in [-0.39, 0.29) is 18.5 Å². The lowest BCUT2D eigenvalue weighted by Crippen LogP contribution is -2.45. The fraction of sp³-hybridized carbons (Fsp3) is 0.533. The van der Waals surface area contributed by atoms with Gasteiger partial charge < -0.3 is 11.5 Å². The van der Waals surface area contributed by atoms with Crippen LogP contribution in [-0.4, -0.2) is 29.9 Å². The molecule has 1 aliphatic rings. The van der Waals surface area contributed by atoms with Crippen molar-refractivity contribution in [2.45, 2.75) is 37.8 Å². The zero-order chi connectivity index (χ0) is 14.5. The molecule has 4 N–H and O–H groups in total. The molecular weight excluding hydrogens is 274 g/mol. The average Bonchev–Trinajstić information content (AvgIpc) is 2.94. The number of carbonyl (C=O) groups is 1. The first-order chi connectivity index (χ1) is 9.63. The zero-order valence-electron chi connectivity index (χ0n) is 11.6. The van der Waals surface area contributed by atoms with Crippen LogP contribution in [0.5, 0.6) is 0 Å². The summed E-state index contributed by atoms with van der Waals surface area (Å²) in [5.41, 5.74) is 12.4. The Balaban J connectivity index is 2.28. The number of benzene rings is 1. The summed E-state index contributed by atoms with van der Waals surface area (Å²) in [5, 5.41) is 0.690. The minimum Gasteiger partial charge on any atom is -0.369 e. The van der Waals surface area contributed by atoms with Gasteiger partial charge in [0.1, 0.15) is 0 Å². The predicted octanol–water partition coefficient (Wildman–Crippen LogP) is 2.07. The van der Waals surface area contributed by atoms with Crippen molar-refractivity contribution in [3.05, 3.63) is 34.9 Å². The van der Waals surface area contributed by atoms with Crippen LogP contribution in [0.25, 0.3) is 0 Å². The van der Waals surface area contributed by atoms with Gasteiger partial charge in [0.2, 0.25) is 5.91 Å². The van der Waals surface area contributed by atoms with Crippen LogP contribution in [0.4, 0.5) is 0 Å². The predicted molar refractivity (Wildman–Crippen MR) is 81.4 cm³/mol. The van der Waals surface area contributed by atoms with Crippen molar-refractivity contribution in [3.8, 4) is 0 Å². The second-order valence-corrected chi connectivity index (χ2v) is 5.76. The van der Waals surface area contributed by atoms with Gasteiger partial charge in [0.25, 0.3) is 0 Å². The molecule has 0 radical (unpaired) electrons. The third kappa shape index (κ3) is 3.51. The number of rotatable bonds is 6. The van der Waals surface area contributed by atoms with Gasteiger partial charge >= 0.3 is 0 Å². The lowest BCUT2D eigenvalue weighted by Gasteiger charge is -2.35. The molecule has 1 fully saturated rings. The fourth-order valence-corrected chi connectivity index (χ4v) is 3.36. The average molecular weight is 296 g/mol. The summed E-state index contributed by atoms with van der Waals surface area (Å²) >= 11 is 6.29. The molecule has 1 unspecified atom stereocenters. The Morgan fingerprint density at radius 2 is 2.00 bits per heavy atom. The largest absolute Gasteiger partial charge is 0.369 e. The molecule has 1 aromatic carbocycles. The minimum absolute atomic E-state index is 0.0562. The van der Waals surface area contributed by atoms with Crippen molar-refractivity contribution in [3.63, 3.8) is 0 Å². The molecule has 1 aromatic rings.